The van der Waals surface area contributed by atoms with Gasteiger partial charge < -0.3 is 5.32 Å². The van der Waals surface area contributed by atoms with Gasteiger partial charge in [-0.15, -0.1) is 0 Å². The molecule has 0 atom stereocenters. The predicted molar refractivity (Wildman–Crippen MR) is 72.8 cm³/mol. The lowest BCUT2D eigenvalue weighted by atomic mass is 10.2. The van der Waals surface area contributed by atoms with Gasteiger partial charge in [-0.25, -0.2) is 4.98 Å². The van der Waals surface area contributed by atoms with Crippen LogP contribution in [0.3, 0.4) is 0 Å². The van der Waals surface area contributed by atoms with Gasteiger partial charge in [0.25, 0.3) is 0 Å². The Morgan fingerprint density at radius 2 is 1.94 bits per heavy atom. The average molecular weight is 260 g/mol. The number of aromatic amines is 1. The van der Waals surface area contributed by atoms with E-state index in [1.54, 1.807) is 11.8 Å². The molecular weight excluding hydrogens is 244 g/mol. The molecule has 1 aromatic heterocycles. The number of nitrogens with one attached hydrogen (secondary N) is 2. The third-order valence-electron chi connectivity index (χ3n) is 3.19. The third kappa shape index (κ3) is 2.85. The van der Waals surface area contributed by atoms with Crippen LogP contribution in [0.25, 0.3) is 0 Å². The SMILES string of the molecule is c1n[nH]c(Sc2ccc(NC3CCCC3)cc2)n1. The molecule has 18 heavy (non-hydrogen) atoms. The van der Waals surface area contributed by atoms with E-state index in [2.05, 4.69) is 44.8 Å². The molecule has 0 aliphatic heterocycles. The van der Waals surface area contributed by atoms with Gasteiger partial charge in [-0.3, -0.25) is 5.10 Å². The molecule has 2 N–H and O–H groups in total. The largest absolute Gasteiger partial charge is 0.382 e. The maximum atomic E-state index is 4.10. The first-order chi connectivity index (χ1) is 8.90. The molecule has 3 rings (SSSR count). The van der Waals surface area contributed by atoms with E-state index in [0.29, 0.717) is 6.04 Å². The average Bonchev–Trinajstić information content (AvgIpc) is 3.05. The summed E-state index contributed by atoms with van der Waals surface area (Å²) in [6, 6.07) is 9.17. The molecule has 0 amide bonds. The molecule has 1 heterocycles. The van der Waals surface area contributed by atoms with Crippen molar-refractivity contribution in [2.24, 2.45) is 0 Å². The molecule has 1 aliphatic carbocycles. The summed E-state index contributed by atoms with van der Waals surface area (Å²) in [6.45, 7) is 0. The Morgan fingerprint density at radius 1 is 1.17 bits per heavy atom. The maximum absolute atomic E-state index is 4.10. The Bertz CT molecular complexity index is 474. The van der Waals surface area contributed by atoms with Crippen LogP contribution in [0.4, 0.5) is 5.69 Å². The standard InChI is InChI=1S/C13H16N4S/c1-2-4-10(3-1)16-11-5-7-12(8-6-11)18-13-14-9-15-17-13/h5-10,16H,1-4H2,(H,14,15,17). The summed E-state index contributed by atoms with van der Waals surface area (Å²) in [5.41, 5.74) is 1.21. The van der Waals surface area contributed by atoms with E-state index >= 15 is 0 Å². The summed E-state index contributed by atoms with van der Waals surface area (Å²) in [6.07, 6.45) is 6.84. The van der Waals surface area contributed by atoms with Crippen LogP contribution in [0.1, 0.15) is 25.7 Å². The van der Waals surface area contributed by atoms with Gasteiger partial charge in [0.2, 0.25) is 0 Å². The number of H-pyrrole nitrogens is 1. The van der Waals surface area contributed by atoms with Gasteiger partial charge in [-0.05, 0) is 37.1 Å². The zero-order chi connectivity index (χ0) is 12.2. The number of nitrogens with zero attached hydrogens (tertiary/aromatic N) is 2. The van der Waals surface area contributed by atoms with E-state index in [1.807, 2.05) is 0 Å². The van der Waals surface area contributed by atoms with E-state index in [-0.39, 0.29) is 0 Å². The van der Waals surface area contributed by atoms with Gasteiger partial charge in [0.15, 0.2) is 5.16 Å². The zero-order valence-corrected chi connectivity index (χ0v) is 10.9. The van der Waals surface area contributed by atoms with E-state index in [9.17, 15) is 0 Å². The summed E-state index contributed by atoms with van der Waals surface area (Å²) in [5, 5.41) is 11.1. The van der Waals surface area contributed by atoms with Crippen LogP contribution in [-0.4, -0.2) is 21.2 Å². The van der Waals surface area contributed by atoms with E-state index in [0.717, 1.165) is 5.16 Å². The quantitative estimate of drug-likeness (QED) is 0.885. The second kappa shape index (κ2) is 5.44. The number of benzene rings is 1. The smallest absolute Gasteiger partial charge is 0.188 e. The number of aromatic nitrogens is 3. The fraction of sp³-hybridized carbons (Fsp3) is 0.385. The predicted octanol–water partition coefficient (Wildman–Crippen LogP) is 3.31. The molecule has 1 saturated carbocycles. The fourth-order valence-electron chi connectivity index (χ4n) is 2.28. The Balaban J connectivity index is 1.61. The minimum atomic E-state index is 0.665. The number of hydrogen-bond donors (Lipinski definition) is 2. The molecule has 0 saturated heterocycles. The number of anilines is 1. The first-order valence-corrected chi connectivity index (χ1v) is 7.11. The maximum Gasteiger partial charge on any atom is 0.188 e. The Kier molecular flexibility index (Phi) is 3.50. The van der Waals surface area contributed by atoms with Crippen molar-refractivity contribution < 1.29 is 0 Å². The van der Waals surface area contributed by atoms with Crippen molar-refractivity contribution in [3.63, 3.8) is 0 Å². The van der Waals surface area contributed by atoms with Gasteiger partial charge in [0, 0.05) is 16.6 Å². The van der Waals surface area contributed by atoms with Crippen molar-refractivity contribution in [1.29, 1.82) is 0 Å². The van der Waals surface area contributed by atoms with Crippen molar-refractivity contribution in [3.8, 4) is 0 Å². The lowest BCUT2D eigenvalue weighted by molar-refractivity contribution is 0.755. The first kappa shape index (κ1) is 11.6. The molecule has 1 fully saturated rings. The highest BCUT2D eigenvalue weighted by molar-refractivity contribution is 7.99. The fourth-order valence-corrected chi connectivity index (χ4v) is 2.97. The van der Waals surface area contributed by atoms with Gasteiger partial charge in [-0.1, -0.05) is 24.6 Å². The molecule has 1 aromatic carbocycles. The molecule has 1 aliphatic rings. The minimum Gasteiger partial charge on any atom is -0.382 e. The van der Waals surface area contributed by atoms with Crippen LogP contribution < -0.4 is 5.32 Å². The van der Waals surface area contributed by atoms with Gasteiger partial charge >= 0.3 is 0 Å². The highest BCUT2D eigenvalue weighted by Crippen LogP contribution is 2.27. The number of rotatable bonds is 4. The van der Waals surface area contributed by atoms with Crippen LogP contribution in [0.2, 0.25) is 0 Å². The third-order valence-corrected chi connectivity index (χ3v) is 4.09. The van der Waals surface area contributed by atoms with Crippen LogP contribution in [0.5, 0.6) is 0 Å². The molecular formula is C13H16N4S. The van der Waals surface area contributed by atoms with E-state index < -0.39 is 0 Å². The molecule has 0 radical (unpaired) electrons. The Labute approximate surface area is 111 Å². The van der Waals surface area contributed by atoms with Crippen LogP contribution in [0, 0.1) is 0 Å². The Morgan fingerprint density at radius 3 is 2.61 bits per heavy atom. The molecule has 5 heteroatoms. The van der Waals surface area contributed by atoms with Gasteiger partial charge in [-0.2, -0.15) is 5.10 Å². The topological polar surface area (TPSA) is 53.6 Å². The van der Waals surface area contributed by atoms with Crippen molar-refractivity contribution in [3.05, 3.63) is 30.6 Å². The molecule has 4 nitrogen and oxygen atoms in total. The molecule has 0 spiro atoms. The van der Waals surface area contributed by atoms with E-state index in [4.69, 9.17) is 0 Å². The van der Waals surface area contributed by atoms with Crippen LogP contribution in [-0.2, 0) is 0 Å². The van der Waals surface area contributed by atoms with Crippen molar-refractivity contribution in [2.75, 3.05) is 5.32 Å². The van der Waals surface area contributed by atoms with Gasteiger partial charge in [0.05, 0.1) is 0 Å². The summed E-state index contributed by atoms with van der Waals surface area (Å²) < 4.78 is 0. The summed E-state index contributed by atoms with van der Waals surface area (Å²) >= 11 is 1.59. The van der Waals surface area contributed by atoms with Crippen molar-refractivity contribution in [1.82, 2.24) is 15.2 Å². The summed E-state index contributed by atoms with van der Waals surface area (Å²) in [4.78, 5) is 5.27. The van der Waals surface area contributed by atoms with Crippen LogP contribution in [0.15, 0.2) is 40.6 Å². The first-order valence-electron chi connectivity index (χ1n) is 6.30. The molecule has 94 valence electrons. The second-order valence-corrected chi connectivity index (χ2v) is 5.61. The lowest BCUT2D eigenvalue weighted by Crippen LogP contribution is -2.14. The van der Waals surface area contributed by atoms with Crippen LogP contribution >= 0.6 is 11.8 Å². The van der Waals surface area contributed by atoms with E-state index in [1.165, 1.54) is 42.6 Å². The normalized spacial score (nSPS) is 16.0. The second-order valence-electron chi connectivity index (χ2n) is 4.54. The summed E-state index contributed by atoms with van der Waals surface area (Å²) in [5.74, 6) is 0. The van der Waals surface area contributed by atoms with Crippen molar-refractivity contribution in [2.45, 2.75) is 41.8 Å². The number of hydrogen-bond acceptors (Lipinski definition) is 4. The molecule has 0 unspecified atom stereocenters. The highest BCUT2D eigenvalue weighted by Gasteiger charge is 2.14. The summed E-state index contributed by atoms with van der Waals surface area (Å²) in [7, 11) is 0. The highest BCUT2D eigenvalue weighted by atomic mass is 32.2. The van der Waals surface area contributed by atoms with Gasteiger partial charge in [0.1, 0.15) is 6.33 Å². The molecule has 0 bridgehead atoms. The lowest BCUT2D eigenvalue weighted by Gasteiger charge is -2.13. The Hall–Kier alpha value is -1.49. The van der Waals surface area contributed by atoms with Crippen molar-refractivity contribution >= 4 is 17.4 Å². The zero-order valence-electron chi connectivity index (χ0n) is 10.1. The monoisotopic (exact) mass is 260 g/mol. The minimum absolute atomic E-state index is 0.665. The molecule has 2 aromatic rings.